The largest absolute Gasteiger partial charge is 0.497 e. The zero-order chi connectivity index (χ0) is 27.2. The van der Waals surface area contributed by atoms with E-state index in [1.54, 1.807) is 50.6 Å². The maximum atomic E-state index is 11.7. The van der Waals surface area contributed by atoms with Crippen molar-refractivity contribution < 1.29 is 28.3 Å². The number of furan rings is 1. The third kappa shape index (κ3) is 4.99. The Kier molecular flexibility index (Phi) is 7.58. The van der Waals surface area contributed by atoms with Gasteiger partial charge >= 0.3 is 0 Å². The zero-order valence-electron chi connectivity index (χ0n) is 21.1. The fraction of sp³-hybridized carbons (Fsp3) is 0.143. The minimum Gasteiger partial charge on any atom is -0.497 e. The van der Waals surface area contributed by atoms with Crippen molar-refractivity contribution in [1.29, 1.82) is 5.26 Å². The molecule has 0 bridgehead atoms. The zero-order valence-corrected chi connectivity index (χ0v) is 21.1. The molecule has 4 rings (SSSR count). The van der Waals surface area contributed by atoms with Gasteiger partial charge in [-0.1, -0.05) is 12.1 Å². The van der Waals surface area contributed by atoms with E-state index in [9.17, 15) is 15.4 Å². The second-order valence-corrected chi connectivity index (χ2v) is 7.84. The van der Waals surface area contributed by atoms with Crippen molar-refractivity contribution >= 4 is 17.8 Å². The monoisotopic (exact) mass is 513 g/mol. The average molecular weight is 514 g/mol. The number of nitro benzene ring substituents is 1. The normalized spacial score (nSPS) is 10.7. The summed E-state index contributed by atoms with van der Waals surface area (Å²) in [6, 6.07) is 19.2. The number of ether oxygens (including phenoxy) is 4. The summed E-state index contributed by atoms with van der Waals surface area (Å²) in [5.74, 6) is 2.20. The van der Waals surface area contributed by atoms with Gasteiger partial charge in [0, 0.05) is 17.3 Å². The Morgan fingerprint density at radius 1 is 0.868 bits per heavy atom. The molecule has 0 aliphatic carbocycles. The highest BCUT2D eigenvalue weighted by Gasteiger charge is 2.24. The summed E-state index contributed by atoms with van der Waals surface area (Å²) in [6.07, 6.45) is 1.26. The third-order valence-corrected chi connectivity index (χ3v) is 5.78. The quantitative estimate of drug-likeness (QED) is 0.147. The highest BCUT2D eigenvalue weighted by atomic mass is 16.6. The van der Waals surface area contributed by atoms with Crippen molar-refractivity contribution in [3.8, 4) is 51.5 Å². The van der Waals surface area contributed by atoms with Gasteiger partial charge in [-0.2, -0.15) is 5.26 Å². The van der Waals surface area contributed by atoms with Gasteiger partial charge < -0.3 is 23.4 Å². The Balaban J connectivity index is 1.90. The van der Waals surface area contributed by atoms with Gasteiger partial charge in [0.05, 0.1) is 45.0 Å². The Bertz CT molecular complexity index is 1530. The summed E-state index contributed by atoms with van der Waals surface area (Å²) < 4.78 is 27.1. The summed E-state index contributed by atoms with van der Waals surface area (Å²) in [6.45, 7) is 0. The number of nitriles is 1. The van der Waals surface area contributed by atoms with E-state index in [1.807, 2.05) is 12.1 Å². The van der Waals surface area contributed by atoms with Crippen LogP contribution in [0.3, 0.4) is 0 Å². The second kappa shape index (κ2) is 11.2. The van der Waals surface area contributed by atoms with Crippen molar-refractivity contribution in [1.82, 2.24) is 0 Å². The van der Waals surface area contributed by atoms with Gasteiger partial charge in [-0.3, -0.25) is 10.1 Å². The molecule has 38 heavy (non-hydrogen) atoms. The smallest absolute Gasteiger partial charge is 0.282 e. The second-order valence-electron chi connectivity index (χ2n) is 7.84. The van der Waals surface area contributed by atoms with Crippen molar-refractivity contribution in [3.63, 3.8) is 0 Å². The van der Waals surface area contributed by atoms with Crippen LogP contribution in [0.1, 0.15) is 11.1 Å². The predicted molar refractivity (Wildman–Crippen MR) is 141 cm³/mol. The van der Waals surface area contributed by atoms with E-state index in [2.05, 4.69) is 11.1 Å². The van der Waals surface area contributed by atoms with Gasteiger partial charge in [-0.25, -0.2) is 4.99 Å². The van der Waals surface area contributed by atoms with Crippen LogP contribution >= 0.6 is 0 Å². The first-order chi connectivity index (χ1) is 18.4. The minimum atomic E-state index is -0.553. The topological polar surface area (TPSA) is 129 Å². The van der Waals surface area contributed by atoms with Crippen LogP contribution in [0, 0.1) is 21.4 Å². The standard InChI is InChI=1S/C28H23N3O7/c1-34-20-9-5-17(6-10-20)26-22(15-29)28(38-27(26)18-7-11-21(35-2)12-8-18)30-16-19-13-24(36-3)25(37-4)14-23(19)31(32)33/h5-14,16H,1-4H3. The van der Waals surface area contributed by atoms with Gasteiger partial charge in [-0.05, 0) is 48.0 Å². The molecule has 192 valence electrons. The van der Waals surface area contributed by atoms with E-state index >= 15 is 0 Å². The number of nitro groups is 1. The molecular formula is C28H23N3O7. The van der Waals surface area contributed by atoms with Crippen molar-refractivity contribution in [2.24, 2.45) is 4.99 Å². The van der Waals surface area contributed by atoms with E-state index in [-0.39, 0.29) is 34.2 Å². The van der Waals surface area contributed by atoms with Crippen molar-refractivity contribution in [2.75, 3.05) is 28.4 Å². The summed E-state index contributed by atoms with van der Waals surface area (Å²) >= 11 is 0. The Morgan fingerprint density at radius 2 is 1.42 bits per heavy atom. The molecule has 4 aromatic rings. The maximum absolute atomic E-state index is 11.7. The fourth-order valence-corrected chi connectivity index (χ4v) is 3.87. The van der Waals surface area contributed by atoms with E-state index in [0.29, 0.717) is 33.9 Å². The van der Waals surface area contributed by atoms with E-state index in [1.165, 1.54) is 32.6 Å². The van der Waals surface area contributed by atoms with E-state index in [4.69, 9.17) is 23.4 Å². The molecule has 0 N–H and O–H groups in total. The number of rotatable bonds is 9. The highest BCUT2D eigenvalue weighted by molar-refractivity contribution is 5.92. The number of benzene rings is 3. The van der Waals surface area contributed by atoms with Gasteiger partial charge in [0.25, 0.3) is 5.69 Å². The molecule has 0 fully saturated rings. The number of hydrogen-bond acceptors (Lipinski definition) is 9. The van der Waals surface area contributed by atoms with Crippen molar-refractivity contribution in [3.05, 3.63) is 81.9 Å². The van der Waals surface area contributed by atoms with Gasteiger partial charge in [0.2, 0.25) is 5.88 Å². The maximum Gasteiger partial charge on any atom is 0.282 e. The number of nitrogens with zero attached hydrogens (tertiary/aromatic N) is 3. The summed E-state index contributed by atoms with van der Waals surface area (Å²) in [5.41, 5.74) is 1.98. The Labute approximate surface area is 218 Å². The average Bonchev–Trinajstić information content (AvgIpc) is 3.33. The fourth-order valence-electron chi connectivity index (χ4n) is 3.87. The Morgan fingerprint density at radius 3 is 1.92 bits per heavy atom. The molecule has 0 unspecified atom stereocenters. The predicted octanol–water partition coefficient (Wildman–Crippen LogP) is 6.18. The third-order valence-electron chi connectivity index (χ3n) is 5.78. The molecule has 0 aliphatic heterocycles. The molecule has 0 radical (unpaired) electrons. The lowest BCUT2D eigenvalue weighted by Gasteiger charge is -2.08. The lowest BCUT2D eigenvalue weighted by Crippen LogP contribution is -1.98. The van der Waals surface area contributed by atoms with Crippen molar-refractivity contribution in [2.45, 2.75) is 0 Å². The van der Waals surface area contributed by atoms with Crippen LogP contribution in [-0.2, 0) is 0 Å². The lowest BCUT2D eigenvalue weighted by atomic mass is 9.98. The highest BCUT2D eigenvalue weighted by Crippen LogP contribution is 2.43. The molecule has 1 heterocycles. The van der Waals surface area contributed by atoms with Crippen LogP contribution in [0.15, 0.2) is 70.1 Å². The number of hydrogen-bond donors (Lipinski definition) is 0. The molecule has 0 amide bonds. The molecule has 1 aromatic heterocycles. The molecule has 0 saturated carbocycles. The lowest BCUT2D eigenvalue weighted by molar-refractivity contribution is -0.385. The number of aliphatic imine (C=N–C) groups is 1. The summed E-state index contributed by atoms with van der Waals surface area (Å²) in [5, 5.41) is 21.8. The minimum absolute atomic E-state index is 0.00628. The van der Waals surface area contributed by atoms with E-state index < -0.39 is 4.92 Å². The molecule has 0 aliphatic rings. The molecular weight excluding hydrogens is 490 g/mol. The molecule has 0 saturated heterocycles. The van der Waals surface area contributed by atoms with Crippen LogP contribution in [0.25, 0.3) is 22.5 Å². The molecule has 3 aromatic carbocycles. The van der Waals surface area contributed by atoms with Gasteiger partial charge in [-0.15, -0.1) is 0 Å². The van der Waals surface area contributed by atoms with Gasteiger partial charge in [0.1, 0.15) is 28.9 Å². The molecule has 0 atom stereocenters. The Hall–Kier alpha value is -5.30. The van der Waals surface area contributed by atoms with Crippen LogP contribution in [0.2, 0.25) is 0 Å². The summed E-state index contributed by atoms with van der Waals surface area (Å²) in [7, 11) is 5.95. The van der Waals surface area contributed by atoms with Crippen LogP contribution in [0.5, 0.6) is 23.0 Å². The number of methoxy groups -OCH3 is 4. The first kappa shape index (κ1) is 25.8. The SMILES string of the molecule is COc1ccc(-c2oc(N=Cc3cc(OC)c(OC)cc3[N+](=O)[O-])c(C#N)c2-c2ccc(OC)cc2)cc1. The van der Waals surface area contributed by atoms with Gasteiger partial charge in [0.15, 0.2) is 11.5 Å². The first-order valence-electron chi connectivity index (χ1n) is 11.2. The van der Waals surface area contributed by atoms with Crippen LogP contribution in [-0.4, -0.2) is 39.6 Å². The van der Waals surface area contributed by atoms with E-state index in [0.717, 1.165) is 0 Å². The van der Waals surface area contributed by atoms with Crippen LogP contribution in [0.4, 0.5) is 11.6 Å². The summed E-state index contributed by atoms with van der Waals surface area (Å²) in [4.78, 5) is 15.5. The molecule has 10 nitrogen and oxygen atoms in total. The molecule has 0 spiro atoms. The van der Waals surface area contributed by atoms with Crippen LogP contribution < -0.4 is 18.9 Å². The first-order valence-corrected chi connectivity index (χ1v) is 11.2. The molecule has 10 heteroatoms.